The van der Waals surface area contributed by atoms with E-state index in [0.29, 0.717) is 0 Å². The number of rotatable bonds is 6. The van der Waals surface area contributed by atoms with Crippen molar-refractivity contribution >= 4 is 24.0 Å². The second-order valence-corrected chi connectivity index (χ2v) is 13.2. The molecule has 220 valence electrons. The van der Waals surface area contributed by atoms with Crippen molar-refractivity contribution in [3.8, 4) is 0 Å². The van der Waals surface area contributed by atoms with Crippen molar-refractivity contribution in [3.63, 3.8) is 0 Å². The summed E-state index contributed by atoms with van der Waals surface area (Å²) < 4.78 is 17.2. The van der Waals surface area contributed by atoms with E-state index in [2.05, 4.69) is 0 Å². The molecule has 7 heteroatoms. The molecule has 0 aliphatic carbocycles. The maximum Gasteiger partial charge on any atom is 0.326 e. The molecular formula is C34H43NO6. The Balaban J connectivity index is 1.92. The highest BCUT2D eigenvalue weighted by molar-refractivity contribution is 5.88. The number of carbonyl (C=O) groups excluding carboxylic acids is 3. The molecule has 2 fully saturated rings. The number of ether oxygens (including phenoxy) is 3. The average Bonchev–Trinajstić information content (AvgIpc) is 3.39. The number of hydrogen-bond acceptors (Lipinski definition) is 7. The largest absolute Gasteiger partial charge is 0.468 e. The Hall–Kier alpha value is -3.45. The molecule has 2 aromatic carbocycles. The fourth-order valence-corrected chi connectivity index (χ4v) is 6.32. The highest BCUT2D eigenvalue weighted by Crippen LogP contribution is 2.58. The van der Waals surface area contributed by atoms with Crippen molar-refractivity contribution in [2.24, 2.45) is 11.8 Å². The number of methoxy groups -OCH3 is 1. The van der Waals surface area contributed by atoms with Gasteiger partial charge in [-0.15, -0.1) is 0 Å². The van der Waals surface area contributed by atoms with Gasteiger partial charge in [0.05, 0.1) is 25.0 Å². The molecule has 0 bridgehead atoms. The monoisotopic (exact) mass is 561 g/mol. The molecule has 0 unspecified atom stereocenters. The van der Waals surface area contributed by atoms with Gasteiger partial charge in [0.15, 0.2) is 0 Å². The normalized spacial score (nSPS) is 26.5. The van der Waals surface area contributed by atoms with Crippen LogP contribution in [0.4, 0.5) is 0 Å². The lowest BCUT2D eigenvalue weighted by Crippen LogP contribution is -2.49. The molecule has 0 amide bonds. The smallest absolute Gasteiger partial charge is 0.326 e. The standard InChI is InChI=1S/C34H43NO6/c1-22-14-12-13-17-24(22)28-26(30(37)41-33(5,6)7)21-34(31(38)39-8)20-25(29(36)40-32(2,3)4)27(35(28)34)19-18-23-15-10-9-11-16-23/h9-19,25-28H,20-21H2,1-8H3/b19-18+/t25-,26-,27-,28-,34-/m1/s1. The van der Waals surface area contributed by atoms with E-state index in [-0.39, 0.29) is 24.8 Å². The van der Waals surface area contributed by atoms with Gasteiger partial charge in [-0.1, -0.05) is 66.7 Å². The highest BCUT2D eigenvalue weighted by Gasteiger charge is 2.68. The summed E-state index contributed by atoms with van der Waals surface area (Å²) in [4.78, 5) is 43.4. The van der Waals surface area contributed by atoms with Gasteiger partial charge < -0.3 is 14.2 Å². The number of nitrogens with zero attached hydrogens (tertiary/aromatic N) is 1. The van der Waals surface area contributed by atoms with Crippen LogP contribution in [0.3, 0.4) is 0 Å². The number of benzene rings is 2. The van der Waals surface area contributed by atoms with Gasteiger partial charge in [0.1, 0.15) is 16.7 Å². The number of aryl methyl sites for hydroxylation is 1. The third-order valence-corrected chi connectivity index (χ3v) is 7.80. The van der Waals surface area contributed by atoms with E-state index in [4.69, 9.17) is 14.2 Å². The molecule has 5 atom stereocenters. The predicted octanol–water partition coefficient (Wildman–Crippen LogP) is 6.06. The molecular weight excluding hydrogens is 518 g/mol. The average molecular weight is 562 g/mol. The minimum absolute atomic E-state index is 0.167. The number of carbonyl (C=O) groups is 3. The van der Waals surface area contributed by atoms with Crippen molar-refractivity contribution in [1.82, 2.24) is 4.90 Å². The van der Waals surface area contributed by atoms with E-state index in [1.54, 1.807) is 0 Å². The highest BCUT2D eigenvalue weighted by atomic mass is 16.6. The Morgan fingerprint density at radius 3 is 1.93 bits per heavy atom. The Kier molecular flexibility index (Phi) is 8.51. The van der Waals surface area contributed by atoms with E-state index in [0.717, 1.165) is 16.7 Å². The molecule has 7 nitrogen and oxygen atoms in total. The zero-order valence-electron chi connectivity index (χ0n) is 25.5. The van der Waals surface area contributed by atoms with Crippen LogP contribution in [0, 0.1) is 18.8 Å². The van der Waals surface area contributed by atoms with Crippen LogP contribution >= 0.6 is 0 Å². The van der Waals surface area contributed by atoms with E-state index >= 15 is 0 Å². The maximum atomic E-state index is 13.8. The lowest BCUT2D eigenvalue weighted by atomic mass is 9.82. The minimum Gasteiger partial charge on any atom is -0.468 e. The van der Waals surface area contributed by atoms with Crippen molar-refractivity contribution in [2.45, 2.75) is 90.1 Å². The lowest BCUT2D eigenvalue weighted by Gasteiger charge is -2.37. The Morgan fingerprint density at radius 2 is 1.37 bits per heavy atom. The second-order valence-electron chi connectivity index (χ2n) is 13.2. The summed E-state index contributed by atoms with van der Waals surface area (Å²) in [5.74, 6) is -2.52. The molecule has 2 aliphatic heterocycles. The third-order valence-electron chi connectivity index (χ3n) is 7.80. The van der Waals surface area contributed by atoms with Gasteiger partial charge in [-0.2, -0.15) is 0 Å². The second kappa shape index (κ2) is 11.4. The summed E-state index contributed by atoms with van der Waals surface area (Å²) in [7, 11) is 1.36. The first-order valence-electron chi connectivity index (χ1n) is 14.3. The molecule has 2 saturated heterocycles. The molecule has 0 N–H and O–H groups in total. The Morgan fingerprint density at radius 1 is 0.829 bits per heavy atom. The zero-order chi connectivity index (χ0) is 30.2. The summed E-state index contributed by atoms with van der Waals surface area (Å²) in [5.41, 5.74) is 0.225. The molecule has 2 heterocycles. The van der Waals surface area contributed by atoms with Crippen LogP contribution in [-0.2, 0) is 28.6 Å². The van der Waals surface area contributed by atoms with Crippen molar-refractivity contribution in [1.29, 1.82) is 0 Å². The van der Waals surface area contributed by atoms with E-state index < -0.39 is 46.6 Å². The topological polar surface area (TPSA) is 82.1 Å². The van der Waals surface area contributed by atoms with Crippen LogP contribution in [0.1, 0.15) is 77.1 Å². The molecule has 4 rings (SSSR count). The number of esters is 3. The van der Waals surface area contributed by atoms with Crippen LogP contribution < -0.4 is 0 Å². The molecule has 0 radical (unpaired) electrons. The van der Waals surface area contributed by atoms with Crippen molar-refractivity contribution < 1.29 is 28.6 Å². The van der Waals surface area contributed by atoms with Crippen molar-refractivity contribution in [3.05, 3.63) is 77.4 Å². The minimum atomic E-state index is -1.23. The SMILES string of the molecule is COC(=O)[C@]12C[C@@H](C(=O)OC(C)(C)C)[C@@H](/C=C/c3ccccc3)N1[C@H](c1ccccc1C)[C@H](C(=O)OC(C)(C)C)C2. The van der Waals surface area contributed by atoms with Gasteiger partial charge in [-0.3, -0.25) is 19.3 Å². The zero-order valence-corrected chi connectivity index (χ0v) is 25.5. The van der Waals surface area contributed by atoms with E-state index in [1.807, 2.05) is 120 Å². The molecule has 0 spiro atoms. The van der Waals surface area contributed by atoms with Gasteiger partial charge in [-0.25, -0.2) is 0 Å². The van der Waals surface area contributed by atoms with Gasteiger partial charge in [0.2, 0.25) is 0 Å². The first kappa shape index (κ1) is 30.5. The van der Waals surface area contributed by atoms with E-state index in [9.17, 15) is 14.4 Å². The summed E-state index contributed by atoms with van der Waals surface area (Å²) in [6.07, 6.45) is 4.27. The van der Waals surface area contributed by atoms with Gasteiger partial charge >= 0.3 is 17.9 Å². The van der Waals surface area contributed by atoms with Crippen molar-refractivity contribution in [2.75, 3.05) is 7.11 Å². The van der Waals surface area contributed by atoms with Crippen LogP contribution in [-0.4, -0.2) is 52.7 Å². The Labute approximate surface area is 243 Å². The first-order chi connectivity index (χ1) is 19.2. The quantitative estimate of drug-likeness (QED) is 0.313. The predicted molar refractivity (Wildman–Crippen MR) is 158 cm³/mol. The molecule has 41 heavy (non-hydrogen) atoms. The fraction of sp³-hybridized carbons (Fsp3) is 0.500. The van der Waals surface area contributed by atoms with Crippen LogP contribution in [0.2, 0.25) is 0 Å². The van der Waals surface area contributed by atoms with Crippen LogP contribution in [0.25, 0.3) is 6.08 Å². The van der Waals surface area contributed by atoms with E-state index in [1.165, 1.54) is 7.11 Å². The first-order valence-corrected chi connectivity index (χ1v) is 14.3. The van der Waals surface area contributed by atoms with Gasteiger partial charge in [-0.05, 0) is 78.0 Å². The lowest BCUT2D eigenvalue weighted by molar-refractivity contribution is -0.161. The maximum absolute atomic E-state index is 13.8. The van der Waals surface area contributed by atoms with Crippen LogP contribution in [0.5, 0.6) is 0 Å². The summed E-state index contributed by atoms with van der Waals surface area (Å²) in [5, 5.41) is 0. The Bertz CT molecular complexity index is 1300. The summed E-state index contributed by atoms with van der Waals surface area (Å²) in [6.45, 7) is 13.0. The molecule has 0 aromatic heterocycles. The molecule has 2 aliphatic rings. The fourth-order valence-electron chi connectivity index (χ4n) is 6.32. The third kappa shape index (κ3) is 6.40. The number of hydrogen-bond donors (Lipinski definition) is 0. The molecule has 2 aromatic rings. The van der Waals surface area contributed by atoms with Gasteiger partial charge in [0, 0.05) is 6.04 Å². The summed E-state index contributed by atoms with van der Waals surface area (Å²) >= 11 is 0. The van der Waals surface area contributed by atoms with Gasteiger partial charge in [0.25, 0.3) is 0 Å². The molecule has 0 saturated carbocycles. The summed E-state index contributed by atoms with van der Waals surface area (Å²) in [6, 6.07) is 16.6. The number of fused-ring (bicyclic) bond motifs is 1. The van der Waals surface area contributed by atoms with Crippen LogP contribution in [0.15, 0.2) is 60.7 Å².